The van der Waals surface area contributed by atoms with E-state index in [0.717, 1.165) is 0 Å². The number of rotatable bonds is 2. The molecule has 0 radical (unpaired) electrons. The molecule has 60 valence electrons. The van der Waals surface area contributed by atoms with Gasteiger partial charge in [-0.1, -0.05) is 17.7 Å². The minimum Gasteiger partial charge on any atom is -0.380 e. The summed E-state index contributed by atoms with van der Waals surface area (Å²) in [4.78, 5) is 0. The molecule has 1 rings (SSSR count). The van der Waals surface area contributed by atoms with Crippen LogP contribution in [0.4, 0.5) is 0 Å². The van der Waals surface area contributed by atoms with Crippen molar-refractivity contribution in [3.05, 3.63) is 29.3 Å². The summed E-state index contributed by atoms with van der Waals surface area (Å²) in [5, 5.41) is 0.466. The zero-order chi connectivity index (χ0) is 8.27. The van der Waals surface area contributed by atoms with E-state index < -0.39 is 11.4 Å². The lowest BCUT2D eigenvalue weighted by Crippen LogP contribution is -1.96. The minimum atomic E-state index is -2.28. The molecular formula is C6H5ClO3S. The van der Waals surface area contributed by atoms with Crippen molar-refractivity contribution in [2.24, 2.45) is 0 Å². The number of hydrogen-bond acceptors (Lipinski definition) is 2. The van der Waals surface area contributed by atoms with Crippen molar-refractivity contribution < 1.29 is 12.9 Å². The highest BCUT2D eigenvalue weighted by Crippen LogP contribution is 2.17. The van der Waals surface area contributed by atoms with E-state index in [1.807, 2.05) is 0 Å². The molecule has 0 aliphatic rings. The third-order valence-corrected chi connectivity index (χ3v) is 1.53. The molecular weight excluding hydrogens is 188 g/mol. The summed E-state index contributed by atoms with van der Waals surface area (Å²) in [6.07, 6.45) is 0. The Hall–Kier alpha value is -0.580. The van der Waals surface area contributed by atoms with E-state index in [4.69, 9.17) is 16.2 Å². The summed E-state index contributed by atoms with van der Waals surface area (Å²) < 4.78 is 22.9. The molecule has 1 aromatic rings. The van der Waals surface area contributed by atoms with Crippen molar-refractivity contribution in [3.8, 4) is 5.75 Å². The van der Waals surface area contributed by atoms with Gasteiger partial charge in [-0.15, -0.1) is 0 Å². The molecule has 0 amide bonds. The second kappa shape index (κ2) is 3.71. The predicted octanol–water partition coefficient (Wildman–Crippen LogP) is 1.86. The highest BCUT2D eigenvalue weighted by atomic mass is 35.5. The predicted molar refractivity (Wildman–Crippen MR) is 42.9 cm³/mol. The molecule has 0 saturated heterocycles. The Morgan fingerprint density at radius 2 is 2.27 bits per heavy atom. The van der Waals surface area contributed by atoms with E-state index >= 15 is 0 Å². The molecule has 0 aliphatic heterocycles. The quantitative estimate of drug-likeness (QED) is 0.728. The van der Waals surface area contributed by atoms with Crippen LogP contribution in [0, 0.1) is 0 Å². The van der Waals surface area contributed by atoms with E-state index in [2.05, 4.69) is 4.18 Å². The third-order valence-electron chi connectivity index (χ3n) is 0.964. The van der Waals surface area contributed by atoms with Crippen LogP contribution in [-0.4, -0.2) is 8.76 Å². The lowest BCUT2D eigenvalue weighted by Gasteiger charge is -1.98. The smallest absolute Gasteiger partial charge is 0.357 e. The van der Waals surface area contributed by atoms with Crippen molar-refractivity contribution in [2.45, 2.75) is 0 Å². The molecule has 3 nitrogen and oxygen atoms in total. The monoisotopic (exact) mass is 192 g/mol. The first-order chi connectivity index (χ1) is 5.18. The normalized spacial score (nSPS) is 12.5. The average Bonchev–Trinajstić information content (AvgIpc) is 1.85. The molecule has 11 heavy (non-hydrogen) atoms. The van der Waals surface area contributed by atoms with Crippen LogP contribution in [0.3, 0.4) is 0 Å². The Morgan fingerprint density at radius 1 is 1.55 bits per heavy atom. The van der Waals surface area contributed by atoms with Crippen LogP contribution in [0.25, 0.3) is 0 Å². The third kappa shape index (κ3) is 2.88. The molecule has 1 atom stereocenters. The van der Waals surface area contributed by atoms with Crippen molar-refractivity contribution in [1.82, 2.24) is 0 Å². The summed E-state index contributed by atoms with van der Waals surface area (Å²) in [6.45, 7) is 0. The summed E-state index contributed by atoms with van der Waals surface area (Å²) in [5.74, 6) is 0.276. The number of halogens is 1. The van der Waals surface area contributed by atoms with Gasteiger partial charge in [-0.25, -0.2) is 0 Å². The molecule has 0 saturated carbocycles. The molecule has 5 heteroatoms. The van der Waals surface area contributed by atoms with E-state index in [1.165, 1.54) is 6.07 Å². The molecule has 0 aromatic heterocycles. The van der Waals surface area contributed by atoms with Crippen LogP contribution in [0.2, 0.25) is 5.02 Å². The Labute approximate surface area is 71.4 Å². The zero-order valence-corrected chi connectivity index (χ0v) is 6.93. The molecule has 1 unspecified atom stereocenters. The number of benzene rings is 1. The van der Waals surface area contributed by atoms with Crippen LogP contribution in [-0.2, 0) is 11.4 Å². The fourth-order valence-corrected chi connectivity index (χ4v) is 1.05. The van der Waals surface area contributed by atoms with E-state index in [1.54, 1.807) is 18.2 Å². The summed E-state index contributed by atoms with van der Waals surface area (Å²) in [5.41, 5.74) is 0. The second-order valence-corrected chi connectivity index (χ2v) is 2.80. The lowest BCUT2D eigenvalue weighted by atomic mass is 10.3. The highest BCUT2D eigenvalue weighted by Gasteiger charge is 1.97. The van der Waals surface area contributed by atoms with Gasteiger partial charge >= 0.3 is 11.4 Å². The van der Waals surface area contributed by atoms with Crippen molar-refractivity contribution in [1.29, 1.82) is 0 Å². The van der Waals surface area contributed by atoms with Crippen molar-refractivity contribution in [3.63, 3.8) is 0 Å². The summed E-state index contributed by atoms with van der Waals surface area (Å²) in [6, 6.07) is 6.27. The van der Waals surface area contributed by atoms with E-state index in [0.29, 0.717) is 5.02 Å². The molecule has 0 spiro atoms. The SMILES string of the molecule is O=S(O)Oc1cccc(Cl)c1. The van der Waals surface area contributed by atoms with Gasteiger partial charge in [0, 0.05) is 11.1 Å². The van der Waals surface area contributed by atoms with Crippen molar-refractivity contribution >= 4 is 23.0 Å². The average molecular weight is 193 g/mol. The van der Waals surface area contributed by atoms with Gasteiger partial charge in [0.25, 0.3) is 0 Å². The van der Waals surface area contributed by atoms with Gasteiger partial charge < -0.3 is 4.18 Å². The van der Waals surface area contributed by atoms with Gasteiger partial charge in [0.15, 0.2) is 0 Å². The van der Waals surface area contributed by atoms with Gasteiger partial charge in [-0.3, -0.25) is 4.55 Å². The molecule has 1 N–H and O–H groups in total. The number of hydrogen-bond donors (Lipinski definition) is 1. The Kier molecular flexibility index (Phi) is 2.87. The Balaban J connectivity index is 2.79. The highest BCUT2D eigenvalue weighted by molar-refractivity contribution is 7.74. The largest absolute Gasteiger partial charge is 0.380 e. The van der Waals surface area contributed by atoms with Gasteiger partial charge in [-0.2, -0.15) is 4.21 Å². The fraction of sp³-hybridized carbons (Fsp3) is 0. The minimum absolute atomic E-state index is 0.276. The molecule has 0 aliphatic carbocycles. The van der Waals surface area contributed by atoms with Gasteiger partial charge in [0.05, 0.1) is 0 Å². The molecule has 0 bridgehead atoms. The first kappa shape index (κ1) is 8.52. The molecule has 1 aromatic carbocycles. The second-order valence-electron chi connectivity index (χ2n) is 1.76. The maximum absolute atomic E-state index is 10.1. The van der Waals surface area contributed by atoms with E-state index in [9.17, 15) is 4.21 Å². The Morgan fingerprint density at radius 3 is 2.82 bits per heavy atom. The first-order valence-electron chi connectivity index (χ1n) is 2.73. The summed E-state index contributed by atoms with van der Waals surface area (Å²) in [7, 11) is 0. The Bertz CT molecular complexity index is 276. The first-order valence-corrected chi connectivity index (χ1v) is 4.14. The van der Waals surface area contributed by atoms with Gasteiger partial charge in [0.1, 0.15) is 5.75 Å². The maximum Gasteiger partial charge on any atom is 0.357 e. The topological polar surface area (TPSA) is 46.5 Å². The van der Waals surface area contributed by atoms with Crippen LogP contribution in [0.5, 0.6) is 5.75 Å². The summed E-state index contributed by atoms with van der Waals surface area (Å²) >= 11 is 3.28. The van der Waals surface area contributed by atoms with Crippen LogP contribution >= 0.6 is 11.6 Å². The standard InChI is InChI=1S/C6H5ClO3S/c7-5-2-1-3-6(4-5)10-11(8)9/h1-4H,(H,8,9). The van der Waals surface area contributed by atoms with Crippen LogP contribution in [0.1, 0.15) is 0 Å². The van der Waals surface area contributed by atoms with Gasteiger partial charge in [0.2, 0.25) is 0 Å². The van der Waals surface area contributed by atoms with Gasteiger partial charge in [-0.05, 0) is 12.1 Å². The zero-order valence-electron chi connectivity index (χ0n) is 5.36. The molecule has 0 fully saturated rings. The van der Waals surface area contributed by atoms with Crippen LogP contribution < -0.4 is 4.18 Å². The van der Waals surface area contributed by atoms with Crippen LogP contribution in [0.15, 0.2) is 24.3 Å². The maximum atomic E-state index is 10.1. The fourth-order valence-electron chi connectivity index (χ4n) is 0.601. The lowest BCUT2D eigenvalue weighted by molar-refractivity contribution is 0.458. The van der Waals surface area contributed by atoms with Crippen molar-refractivity contribution in [2.75, 3.05) is 0 Å². The molecule has 0 heterocycles. The van der Waals surface area contributed by atoms with E-state index in [-0.39, 0.29) is 5.75 Å².